The highest BCUT2D eigenvalue weighted by molar-refractivity contribution is 7.07. The summed E-state index contributed by atoms with van der Waals surface area (Å²) < 4.78 is 0. The molecular weight excluding hydrogens is 220 g/mol. The summed E-state index contributed by atoms with van der Waals surface area (Å²) in [7, 11) is 0. The van der Waals surface area contributed by atoms with Crippen LogP contribution in [0, 0.1) is 0 Å². The lowest BCUT2D eigenvalue weighted by molar-refractivity contribution is 0.174. The SMILES string of the molecule is OC(CNCc1ccsc1)c1ccncc1. The Morgan fingerprint density at radius 2 is 2.12 bits per heavy atom. The van der Waals surface area contributed by atoms with Gasteiger partial charge in [0.25, 0.3) is 0 Å². The average Bonchev–Trinajstić information content (AvgIpc) is 2.83. The van der Waals surface area contributed by atoms with Crippen LogP contribution in [0.25, 0.3) is 0 Å². The van der Waals surface area contributed by atoms with Gasteiger partial charge in [-0.1, -0.05) is 0 Å². The fourth-order valence-corrected chi connectivity index (χ4v) is 2.12. The van der Waals surface area contributed by atoms with E-state index in [0.29, 0.717) is 6.54 Å². The van der Waals surface area contributed by atoms with Crippen LogP contribution in [0.15, 0.2) is 41.4 Å². The van der Waals surface area contributed by atoms with Crippen molar-refractivity contribution in [3.8, 4) is 0 Å². The van der Waals surface area contributed by atoms with E-state index < -0.39 is 6.10 Å². The minimum atomic E-state index is -0.471. The number of rotatable bonds is 5. The molecule has 0 fully saturated rings. The van der Waals surface area contributed by atoms with Crippen molar-refractivity contribution in [2.45, 2.75) is 12.6 Å². The monoisotopic (exact) mass is 234 g/mol. The van der Waals surface area contributed by atoms with Crippen molar-refractivity contribution in [3.05, 3.63) is 52.5 Å². The molecule has 2 aromatic rings. The van der Waals surface area contributed by atoms with Crippen LogP contribution in [-0.4, -0.2) is 16.6 Å². The van der Waals surface area contributed by atoms with Gasteiger partial charge in [-0.2, -0.15) is 11.3 Å². The summed E-state index contributed by atoms with van der Waals surface area (Å²) >= 11 is 1.68. The number of pyridine rings is 1. The number of aliphatic hydroxyl groups is 1. The number of aliphatic hydroxyl groups excluding tert-OH is 1. The highest BCUT2D eigenvalue weighted by atomic mass is 32.1. The first-order chi connectivity index (χ1) is 7.86. The van der Waals surface area contributed by atoms with Crippen molar-refractivity contribution in [1.82, 2.24) is 10.3 Å². The molecule has 0 aromatic carbocycles. The molecule has 0 aliphatic heterocycles. The van der Waals surface area contributed by atoms with Gasteiger partial charge in [0.05, 0.1) is 6.10 Å². The number of nitrogens with one attached hydrogen (secondary N) is 1. The largest absolute Gasteiger partial charge is 0.387 e. The summed E-state index contributed by atoms with van der Waals surface area (Å²) in [6, 6.07) is 5.74. The minimum absolute atomic E-state index is 0.471. The van der Waals surface area contributed by atoms with Crippen LogP contribution in [0.3, 0.4) is 0 Å². The molecule has 0 aliphatic carbocycles. The van der Waals surface area contributed by atoms with Crippen molar-refractivity contribution in [1.29, 1.82) is 0 Å². The van der Waals surface area contributed by atoms with Gasteiger partial charge < -0.3 is 10.4 Å². The van der Waals surface area contributed by atoms with Crippen LogP contribution in [-0.2, 0) is 6.54 Å². The molecular formula is C12H14N2OS. The van der Waals surface area contributed by atoms with Gasteiger partial charge >= 0.3 is 0 Å². The van der Waals surface area contributed by atoms with Gasteiger partial charge in [0, 0.05) is 25.5 Å². The Morgan fingerprint density at radius 1 is 1.31 bits per heavy atom. The Kier molecular flexibility index (Phi) is 4.04. The maximum atomic E-state index is 9.86. The number of hydrogen-bond acceptors (Lipinski definition) is 4. The summed E-state index contributed by atoms with van der Waals surface area (Å²) in [5, 5.41) is 17.2. The molecule has 2 heterocycles. The van der Waals surface area contributed by atoms with E-state index in [4.69, 9.17) is 0 Å². The number of aromatic nitrogens is 1. The zero-order valence-electron chi connectivity index (χ0n) is 8.84. The maximum Gasteiger partial charge on any atom is 0.0915 e. The second-order valence-corrected chi connectivity index (χ2v) is 4.34. The van der Waals surface area contributed by atoms with Gasteiger partial charge in [-0.15, -0.1) is 0 Å². The number of nitrogens with zero attached hydrogens (tertiary/aromatic N) is 1. The molecule has 1 unspecified atom stereocenters. The third kappa shape index (κ3) is 3.13. The molecule has 2 aromatic heterocycles. The lowest BCUT2D eigenvalue weighted by Crippen LogP contribution is -2.20. The molecule has 0 saturated heterocycles. The quantitative estimate of drug-likeness (QED) is 0.831. The van der Waals surface area contributed by atoms with Crippen molar-refractivity contribution < 1.29 is 5.11 Å². The Labute approximate surface area is 98.8 Å². The molecule has 16 heavy (non-hydrogen) atoms. The lowest BCUT2D eigenvalue weighted by atomic mass is 10.1. The lowest BCUT2D eigenvalue weighted by Gasteiger charge is -2.11. The number of thiophene rings is 1. The third-order valence-corrected chi connectivity index (χ3v) is 3.07. The molecule has 4 heteroatoms. The Hall–Kier alpha value is -1.23. The van der Waals surface area contributed by atoms with Gasteiger partial charge in [-0.25, -0.2) is 0 Å². The first-order valence-electron chi connectivity index (χ1n) is 5.16. The van der Waals surface area contributed by atoms with Gasteiger partial charge in [-0.05, 0) is 40.1 Å². The van der Waals surface area contributed by atoms with Gasteiger partial charge in [0.2, 0.25) is 0 Å². The van der Waals surface area contributed by atoms with Crippen molar-refractivity contribution in [2.24, 2.45) is 0 Å². The molecule has 0 aliphatic rings. The molecule has 0 saturated carbocycles. The highest BCUT2D eigenvalue weighted by Gasteiger charge is 2.05. The predicted molar refractivity (Wildman–Crippen MR) is 65.2 cm³/mol. The molecule has 1 atom stereocenters. The van der Waals surface area contributed by atoms with E-state index in [1.54, 1.807) is 23.7 Å². The molecule has 0 radical (unpaired) electrons. The molecule has 0 spiro atoms. The van der Waals surface area contributed by atoms with E-state index in [2.05, 4.69) is 27.1 Å². The fourth-order valence-electron chi connectivity index (χ4n) is 1.45. The zero-order chi connectivity index (χ0) is 11.2. The van der Waals surface area contributed by atoms with E-state index >= 15 is 0 Å². The summed E-state index contributed by atoms with van der Waals surface area (Å²) in [6.45, 7) is 1.35. The topological polar surface area (TPSA) is 45.1 Å². The number of hydrogen-bond donors (Lipinski definition) is 2. The van der Waals surface area contributed by atoms with Crippen molar-refractivity contribution in [2.75, 3.05) is 6.54 Å². The summed E-state index contributed by atoms with van der Waals surface area (Å²) in [5.74, 6) is 0. The van der Waals surface area contributed by atoms with Gasteiger partial charge in [0.15, 0.2) is 0 Å². The van der Waals surface area contributed by atoms with E-state index in [0.717, 1.165) is 12.1 Å². The molecule has 0 amide bonds. The van der Waals surface area contributed by atoms with E-state index in [-0.39, 0.29) is 0 Å². The van der Waals surface area contributed by atoms with Crippen molar-refractivity contribution in [3.63, 3.8) is 0 Å². The molecule has 2 rings (SSSR count). The zero-order valence-corrected chi connectivity index (χ0v) is 9.65. The predicted octanol–water partition coefficient (Wildman–Crippen LogP) is 1.97. The highest BCUT2D eigenvalue weighted by Crippen LogP contribution is 2.10. The average molecular weight is 234 g/mol. The Balaban J connectivity index is 1.78. The van der Waals surface area contributed by atoms with Gasteiger partial charge in [0.1, 0.15) is 0 Å². The summed E-state index contributed by atoms with van der Waals surface area (Å²) in [5.41, 5.74) is 2.15. The van der Waals surface area contributed by atoms with Crippen LogP contribution in [0.2, 0.25) is 0 Å². The fraction of sp³-hybridized carbons (Fsp3) is 0.250. The Bertz CT molecular complexity index is 402. The van der Waals surface area contributed by atoms with E-state index in [1.165, 1.54) is 5.56 Å². The summed E-state index contributed by atoms with van der Waals surface area (Å²) in [4.78, 5) is 3.92. The second-order valence-electron chi connectivity index (χ2n) is 3.56. The standard InChI is InChI=1S/C12H14N2OS/c15-12(11-1-4-13-5-2-11)8-14-7-10-3-6-16-9-10/h1-6,9,12,14-15H,7-8H2. The van der Waals surface area contributed by atoms with Gasteiger partial charge in [-0.3, -0.25) is 4.98 Å². The smallest absolute Gasteiger partial charge is 0.0915 e. The van der Waals surface area contributed by atoms with Crippen LogP contribution in [0.5, 0.6) is 0 Å². The first kappa shape index (κ1) is 11.3. The maximum absolute atomic E-state index is 9.86. The third-order valence-electron chi connectivity index (χ3n) is 2.34. The van der Waals surface area contributed by atoms with Crippen LogP contribution >= 0.6 is 11.3 Å². The van der Waals surface area contributed by atoms with Crippen LogP contribution in [0.4, 0.5) is 0 Å². The second kappa shape index (κ2) is 5.75. The Morgan fingerprint density at radius 3 is 2.81 bits per heavy atom. The van der Waals surface area contributed by atoms with E-state index in [9.17, 15) is 5.11 Å². The van der Waals surface area contributed by atoms with Crippen molar-refractivity contribution >= 4 is 11.3 Å². The molecule has 2 N–H and O–H groups in total. The molecule has 0 bridgehead atoms. The molecule has 3 nitrogen and oxygen atoms in total. The molecule has 84 valence electrons. The van der Waals surface area contributed by atoms with E-state index in [1.807, 2.05) is 12.1 Å². The van der Waals surface area contributed by atoms with Crippen LogP contribution < -0.4 is 5.32 Å². The van der Waals surface area contributed by atoms with Crippen LogP contribution in [0.1, 0.15) is 17.2 Å². The summed E-state index contributed by atoms with van der Waals surface area (Å²) in [6.07, 6.45) is 2.91. The minimum Gasteiger partial charge on any atom is -0.387 e. The normalized spacial score (nSPS) is 12.6. The first-order valence-corrected chi connectivity index (χ1v) is 6.10.